The Balaban J connectivity index is 2.61. The molecule has 0 aliphatic rings. The molecule has 1 heterocycles. The average molecular weight is 309 g/mol. The minimum Gasteiger partial charge on any atom is -0.296 e. The van der Waals surface area contributed by atoms with Gasteiger partial charge in [0.25, 0.3) is 0 Å². The summed E-state index contributed by atoms with van der Waals surface area (Å²) in [4.78, 5) is 10.8. The standard InChI is InChI=1S/C10H5Cl3FN3O/c11-10(12,13)9-8(5-18)15-16-17(9)7-3-1-6(14)2-4-7/h1-5H. The quantitative estimate of drug-likeness (QED) is 0.633. The number of aldehydes is 1. The largest absolute Gasteiger partial charge is 0.296 e. The molecule has 4 nitrogen and oxygen atoms in total. The number of rotatable bonds is 2. The molecule has 0 amide bonds. The van der Waals surface area contributed by atoms with Gasteiger partial charge in [-0.25, -0.2) is 9.07 Å². The van der Waals surface area contributed by atoms with Gasteiger partial charge in [0, 0.05) is 0 Å². The van der Waals surface area contributed by atoms with E-state index in [9.17, 15) is 9.18 Å². The molecule has 0 fully saturated rings. The van der Waals surface area contributed by atoms with Crippen molar-refractivity contribution < 1.29 is 9.18 Å². The maximum atomic E-state index is 12.8. The number of halogens is 4. The topological polar surface area (TPSA) is 47.8 Å². The van der Waals surface area contributed by atoms with Gasteiger partial charge in [-0.3, -0.25) is 4.79 Å². The van der Waals surface area contributed by atoms with Crippen molar-refractivity contribution >= 4 is 41.1 Å². The van der Waals surface area contributed by atoms with Crippen LogP contribution in [0.15, 0.2) is 24.3 Å². The minimum absolute atomic E-state index is 0.00843. The van der Waals surface area contributed by atoms with Gasteiger partial charge in [0.05, 0.1) is 5.69 Å². The Bertz CT molecular complexity index is 577. The zero-order valence-electron chi connectivity index (χ0n) is 8.65. The van der Waals surface area contributed by atoms with Gasteiger partial charge < -0.3 is 0 Å². The van der Waals surface area contributed by atoms with Gasteiger partial charge in [0.15, 0.2) is 12.0 Å². The molecule has 0 atom stereocenters. The summed E-state index contributed by atoms with van der Waals surface area (Å²) in [6.45, 7) is 0. The normalized spacial score (nSPS) is 11.6. The molecule has 1 aromatic heterocycles. The Morgan fingerprint density at radius 3 is 2.33 bits per heavy atom. The number of aromatic nitrogens is 3. The Morgan fingerprint density at radius 1 is 1.22 bits per heavy atom. The maximum absolute atomic E-state index is 12.8. The van der Waals surface area contributed by atoms with Crippen LogP contribution in [0.25, 0.3) is 5.69 Å². The fourth-order valence-corrected chi connectivity index (χ4v) is 1.93. The van der Waals surface area contributed by atoms with Crippen molar-refractivity contribution in [2.24, 2.45) is 0 Å². The van der Waals surface area contributed by atoms with Gasteiger partial charge in [0.1, 0.15) is 11.5 Å². The molecule has 2 aromatic rings. The summed E-state index contributed by atoms with van der Waals surface area (Å²) in [6.07, 6.45) is 0.435. The molecule has 0 radical (unpaired) electrons. The van der Waals surface area contributed by atoms with Crippen molar-refractivity contribution in [1.29, 1.82) is 0 Å². The average Bonchev–Trinajstić information content (AvgIpc) is 2.73. The third-order valence-electron chi connectivity index (χ3n) is 2.15. The first kappa shape index (κ1) is 13.3. The van der Waals surface area contributed by atoms with Crippen molar-refractivity contribution in [3.05, 3.63) is 41.5 Å². The molecule has 1 aromatic carbocycles. The molecule has 18 heavy (non-hydrogen) atoms. The van der Waals surface area contributed by atoms with Gasteiger partial charge in [-0.1, -0.05) is 40.0 Å². The third kappa shape index (κ3) is 2.48. The molecule has 94 valence electrons. The van der Waals surface area contributed by atoms with Crippen LogP contribution in [-0.4, -0.2) is 21.3 Å². The lowest BCUT2D eigenvalue weighted by atomic mass is 10.3. The van der Waals surface area contributed by atoms with Gasteiger partial charge in [-0.15, -0.1) is 5.10 Å². The van der Waals surface area contributed by atoms with Crippen LogP contribution in [0.1, 0.15) is 16.2 Å². The van der Waals surface area contributed by atoms with Crippen LogP contribution in [0.3, 0.4) is 0 Å². The molecular formula is C10H5Cl3FN3O. The summed E-state index contributed by atoms with van der Waals surface area (Å²) in [6, 6.07) is 5.30. The SMILES string of the molecule is O=Cc1nnn(-c2ccc(F)cc2)c1C(Cl)(Cl)Cl. The van der Waals surface area contributed by atoms with E-state index in [4.69, 9.17) is 34.8 Å². The number of nitrogens with zero attached hydrogens (tertiary/aromatic N) is 3. The van der Waals surface area contributed by atoms with E-state index in [1.54, 1.807) is 0 Å². The zero-order valence-corrected chi connectivity index (χ0v) is 10.9. The Labute approximate surface area is 116 Å². The van der Waals surface area contributed by atoms with Crippen molar-refractivity contribution in [3.63, 3.8) is 0 Å². The highest BCUT2D eigenvalue weighted by molar-refractivity contribution is 6.66. The highest BCUT2D eigenvalue weighted by Crippen LogP contribution is 2.39. The first-order chi connectivity index (χ1) is 8.43. The summed E-state index contributed by atoms with van der Waals surface area (Å²) >= 11 is 17.3. The molecule has 0 saturated carbocycles. The highest BCUT2D eigenvalue weighted by atomic mass is 35.6. The third-order valence-corrected chi connectivity index (χ3v) is 2.68. The van der Waals surface area contributed by atoms with Gasteiger partial charge >= 0.3 is 0 Å². The number of hydrogen-bond acceptors (Lipinski definition) is 3. The van der Waals surface area contributed by atoms with E-state index in [0.717, 1.165) is 0 Å². The van der Waals surface area contributed by atoms with E-state index >= 15 is 0 Å². The monoisotopic (exact) mass is 307 g/mol. The van der Waals surface area contributed by atoms with E-state index in [0.29, 0.717) is 12.0 Å². The van der Waals surface area contributed by atoms with Crippen molar-refractivity contribution in [1.82, 2.24) is 15.0 Å². The molecule has 8 heteroatoms. The fourth-order valence-electron chi connectivity index (χ4n) is 1.40. The second kappa shape index (κ2) is 4.84. The van der Waals surface area contributed by atoms with E-state index < -0.39 is 9.61 Å². The molecule has 0 unspecified atom stereocenters. The summed E-state index contributed by atoms with van der Waals surface area (Å²) in [7, 11) is 0. The van der Waals surface area contributed by atoms with E-state index in [-0.39, 0.29) is 11.4 Å². The lowest BCUT2D eigenvalue weighted by Crippen LogP contribution is -2.12. The number of benzene rings is 1. The van der Waals surface area contributed by atoms with Crippen LogP contribution in [0, 0.1) is 5.82 Å². The molecule has 0 saturated heterocycles. The van der Waals surface area contributed by atoms with E-state index in [1.165, 1.54) is 28.9 Å². The summed E-state index contributed by atoms with van der Waals surface area (Å²) in [5.74, 6) is -0.412. The predicted molar refractivity (Wildman–Crippen MR) is 65.9 cm³/mol. The Morgan fingerprint density at radius 2 is 1.83 bits per heavy atom. The second-order valence-corrected chi connectivity index (χ2v) is 5.61. The summed E-state index contributed by atoms with van der Waals surface area (Å²) < 4.78 is 12.1. The highest BCUT2D eigenvalue weighted by Gasteiger charge is 2.33. The smallest absolute Gasteiger partial charge is 0.235 e. The molecule has 0 aliphatic carbocycles. The molecule has 0 spiro atoms. The van der Waals surface area contributed by atoms with Crippen molar-refractivity contribution in [2.45, 2.75) is 3.79 Å². The number of carbonyl (C=O) groups is 1. The molecule has 0 aliphatic heterocycles. The van der Waals surface area contributed by atoms with Crippen LogP contribution >= 0.6 is 34.8 Å². The van der Waals surface area contributed by atoms with Crippen LogP contribution in [0.2, 0.25) is 0 Å². The Kier molecular flexibility index (Phi) is 3.56. The van der Waals surface area contributed by atoms with Crippen molar-refractivity contribution in [3.8, 4) is 5.69 Å². The minimum atomic E-state index is -1.87. The summed E-state index contributed by atoms with van der Waals surface area (Å²) in [5, 5.41) is 7.31. The van der Waals surface area contributed by atoms with Crippen LogP contribution < -0.4 is 0 Å². The van der Waals surface area contributed by atoms with E-state index in [1.807, 2.05) is 0 Å². The van der Waals surface area contributed by atoms with E-state index in [2.05, 4.69) is 10.3 Å². The van der Waals surface area contributed by atoms with Crippen molar-refractivity contribution in [2.75, 3.05) is 0 Å². The van der Waals surface area contributed by atoms with Crippen LogP contribution in [-0.2, 0) is 3.79 Å². The first-order valence-electron chi connectivity index (χ1n) is 4.67. The molecular weight excluding hydrogens is 303 g/mol. The van der Waals surface area contributed by atoms with Crippen LogP contribution in [0.5, 0.6) is 0 Å². The van der Waals surface area contributed by atoms with Gasteiger partial charge in [0.2, 0.25) is 3.79 Å². The Hall–Kier alpha value is -1.17. The summed E-state index contributed by atoms with van der Waals surface area (Å²) in [5.41, 5.74) is 0.353. The second-order valence-electron chi connectivity index (χ2n) is 3.33. The molecule has 0 N–H and O–H groups in total. The zero-order chi connectivity index (χ0) is 13.3. The predicted octanol–water partition coefficient (Wildman–Crippen LogP) is 3.05. The maximum Gasteiger partial charge on any atom is 0.235 e. The number of carbonyl (C=O) groups excluding carboxylic acids is 1. The van der Waals surface area contributed by atoms with Gasteiger partial charge in [-0.2, -0.15) is 0 Å². The lowest BCUT2D eigenvalue weighted by Gasteiger charge is -2.13. The molecule has 2 rings (SSSR count). The van der Waals surface area contributed by atoms with Crippen LogP contribution in [0.4, 0.5) is 4.39 Å². The number of hydrogen-bond donors (Lipinski definition) is 0. The number of alkyl halides is 3. The fraction of sp³-hybridized carbons (Fsp3) is 0.100. The first-order valence-corrected chi connectivity index (χ1v) is 5.81. The molecule has 0 bridgehead atoms. The van der Waals surface area contributed by atoms with Gasteiger partial charge in [-0.05, 0) is 24.3 Å². The lowest BCUT2D eigenvalue weighted by molar-refractivity contribution is 0.111.